The van der Waals surface area contributed by atoms with E-state index in [0.29, 0.717) is 27.3 Å². The summed E-state index contributed by atoms with van der Waals surface area (Å²) in [6.07, 6.45) is 3.32. The molecule has 2 aromatic carbocycles. The Kier molecular flexibility index (Phi) is 4.63. The van der Waals surface area contributed by atoms with E-state index in [2.05, 4.69) is 15.4 Å². The first kappa shape index (κ1) is 17.0. The van der Waals surface area contributed by atoms with Gasteiger partial charge >= 0.3 is 0 Å². The number of benzene rings is 2. The van der Waals surface area contributed by atoms with Crippen molar-refractivity contribution in [3.63, 3.8) is 0 Å². The average molecular weight is 403 g/mol. The van der Waals surface area contributed by atoms with E-state index >= 15 is 0 Å². The molecular weight excluding hydrogens is 391 g/mol. The van der Waals surface area contributed by atoms with Gasteiger partial charge in [0.15, 0.2) is 5.13 Å². The summed E-state index contributed by atoms with van der Waals surface area (Å²) >= 11 is 13.3. The summed E-state index contributed by atoms with van der Waals surface area (Å²) in [5.41, 5.74) is 2.31. The third kappa shape index (κ3) is 3.72. The second kappa shape index (κ2) is 7.07. The highest BCUT2D eigenvalue weighted by Crippen LogP contribution is 2.28. The number of hydrogen-bond acceptors (Lipinski definition) is 4. The van der Waals surface area contributed by atoms with E-state index in [0.717, 1.165) is 15.8 Å². The van der Waals surface area contributed by atoms with Gasteiger partial charge in [-0.25, -0.2) is 4.98 Å². The van der Waals surface area contributed by atoms with Crippen molar-refractivity contribution in [3.05, 3.63) is 76.0 Å². The third-order valence-electron chi connectivity index (χ3n) is 3.71. The molecule has 2 aromatic heterocycles. The molecule has 0 saturated carbocycles. The first-order chi connectivity index (χ1) is 12.6. The highest BCUT2D eigenvalue weighted by Gasteiger charge is 2.11. The molecule has 0 radical (unpaired) electrons. The Balaban J connectivity index is 1.52. The maximum Gasteiger partial charge on any atom is 0.257 e. The van der Waals surface area contributed by atoms with E-state index in [1.165, 1.54) is 11.3 Å². The van der Waals surface area contributed by atoms with E-state index in [1.807, 2.05) is 30.3 Å². The van der Waals surface area contributed by atoms with Gasteiger partial charge < -0.3 is 0 Å². The van der Waals surface area contributed by atoms with Crippen molar-refractivity contribution in [1.29, 1.82) is 0 Å². The van der Waals surface area contributed by atoms with Gasteiger partial charge in [0.05, 0.1) is 28.0 Å². The van der Waals surface area contributed by atoms with Crippen LogP contribution < -0.4 is 5.32 Å². The molecule has 0 fully saturated rings. The summed E-state index contributed by atoms with van der Waals surface area (Å²) in [6.45, 7) is 0.535. The van der Waals surface area contributed by atoms with Crippen LogP contribution in [0.3, 0.4) is 0 Å². The lowest BCUT2D eigenvalue weighted by atomic mass is 10.1. The number of amides is 1. The Labute approximate surface area is 163 Å². The van der Waals surface area contributed by atoms with Gasteiger partial charge in [-0.1, -0.05) is 46.7 Å². The molecule has 0 atom stereocenters. The standard InChI is InChI=1S/C18H12Cl2N4OS/c19-13-4-5-15-16(7-13)26-18(22-15)23-17(25)12-3-1-2-11(6-12)9-24-10-14(20)8-21-24/h1-8,10H,9H2,(H,22,23,25). The van der Waals surface area contributed by atoms with Gasteiger partial charge in [0.2, 0.25) is 0 Å². The Bertz CT molecular complexity index is 1110. The number of nitrogens with zero attached hydrogens (tertiary/aromatic N) is 3. The third-order valence-corrected chi connectivity index (χ3v) is 5.07. The summed E-state index contributed by atoms with van der Waals surface area (Å²) in [5.74, 6) is -0.212. The van der Waals surface area contributed by atoms with Gasteiger partial charge in [-0.2, -0.15) is 5.10 Å². The maximum absolute atomic E-state index is 12.6. The maximum atomic E-state index is 12.6. The molecule has 0 saturated heterocycles. The lowest BCUT2D eigenvalue weighted by molar-refractivity contribution is 0.102. The van der Waals surface area contributed by atoms with Crippen LogP contribution in [0.25, 0.3) is 10.2 Å². The zero-order valence-corrected chi connectivity index (χ0v) is 15.6. The van der Waals surface area contributed by atoms with Crippen molar-refractivity contribution in [2.75, 3.05) is 5.32 Å². The van der Waals surface area contributed by atoms with Crippen molar-refractivity contribution >= 4 is 55.8 Å². The number of rotatable bonds is 4. The van der Waals surface area contributed by atoms with Gasteiger partial charge in [-0.15, -0.1) is 0 Å². The molecule has 0 aliphatic heterocycles. The molecule has 1 amide bonds. The fraction of sp³-hybridized carbons (Fsp3) is 0.0556. The zero-order valence-electron chi connectivity index (χ0n) is 13.3. The first-order valence-corrected chi connectivity index (χ1v) is 9.28. The predicted molar refractivity (Wildman–Crippen MR) is 105 cm³/mol. The smallest absolute Gasteiger partial charge is 0.257 e. The van der Waals surface area contributed by atoms with Crippen LogP contribution in [0.5, 0.6) is 0 Å². The number of carbonyl (C=O) groups is 1. The van der Waals surface area contributed by atoms with Crippen molar-refractivity contribution in [3.8, 4) is 0 Å². The highest BCUT2D eigenvalue weighted by molar-refractivity contribution is 7.22. The molecule has 5 nitrogen and oxygen atoms in total. The van der Waals surface area contributed by atoms with E-state index in [1.54, 1.807) is 29.2 Å². The van der Waals surface area contributed by atoms with Crippen LogP contribution in [0, 0.1) is 0 Å². The van der Waals surface area contributed by atoms with E-state index in [-0.39, 0.29) is 5.91 Å². The molecule has 4 aromatic rings. The summed E-state index contributed by atoms with van der Waals surface area (Å²) in [6, 6.07) is 12.8. The average Bonchev–Trinajstić information content (AvgIpc) is 3.20. The topological polar surface area (TPSA) is 59.8 Å². The number of aromatic nitrogens is 3. The SMILES string of the molecule is O=C(Nc1nc2ccc(Cl)cc2s1)c1cccc(Cn2cc(Cl)cn2)c1. The number of carbonyl (C=O) groups excluding carboxylic acids is 1. The zero-order chi connectivity index (χ0) is 18.1. The van der Waals surface area contributed by atoms with Gasteiger partial charge in [-0.3, -0.25) is 14.8 Å². The van der Waals surface area contributed by atoms with Gasteiger partial charge in [0.25, 0.3) is 5.91 Å². The first-order valence-electron chi connectivity index (χ1n) is 7.71. The van der Waals surface area contributed by atoms with Crippen LogP contribution >= 0.6 is 34.5 Å². The van der Waals surface area contributed by atoms with Crippen molar-refractivity contribution in [2.45, 2.75) is 6.54 Å². The molecule has 0 unspecified atom stereocenters. The second-order valence-corrected chi connectivity index (χ2v) is 7.55. The summed E-state index contributed by atoms with van der Waals surface area (Å²) < 4.78 is 2.65. The number of thiazole rings is 1. The molecule has 130 valence electrons. The Morgan fingerprint density at radius 1 is 1.15 bits per heavy atom. The Morgan fingerprint density at radius 2 is 2.04 bits per heavy atom. The lowest BCUT2D eigenvalue weighted by Gasteiger charge is -2.05. The Morgan fingerprint density at radius 3 is 2.85 bits per heavy atom. The molecule has 1 N–H and O–H groups in total. The van der Waals surface area contributed by atoms with Crippen LogP contribution in [0.1, 0.15) is 15.9 Å². The Hall–Kier alpha value is -2.41. The minimum atomic E-state index is -0.212. The normalized spacial score (nSPS) is 11.0. The molecule has 0 aliphatic carbocycles. The highest BCUT2D eigenvalue weighted by atomic mass is 35.5. The monoisotopic (exact) mass is 402 g/mol. The molecule has 2 heterocycles. The van der Waals surface area contributed by atoms with E-state index < -0.39 is 0 Å². The number of nitrogens with one attached hydrogen (secondary N) is 1. The molecule has 0 spiro atoms. The largest absolute Gasteiger partial charge is 0.298 e. The van der Waals surface area contributed by atoms with Crippen LogP contribution in [-0.4, -0.2) is 20.7 Å². The number of halogens is 2. The molecular formula is C18H12Cl2N4OS. The number of fused-ring (bicyclic) bond motifs is 1. The summed E-state index contributed by atoms with van der Waals surface area (Å²) in [5, 5.41) is 8.75. The van der Waals surface area contributed by atoms with Crippen LogP contribution in [0.2, 0.25) is 10.0 Å². The lowest BCUT2D eigenvalue weighted by Crippen LogP contribution is -2.12. The van der Waals surface area contributed by atoms with Crippen LogP contribution in [0.4, 0.5) is 5.13 Å². The number of hydrogen-bond donors (Lipinski definition) is 1. The quantitative estimate of drug-likeness (QED) is 0.516. The number of anilines is 1. The minimum Gasteiger partial charge on any atom is -0.298 e. The predicted octanol–water partition coefficient (Wildman–Crippen LogP) is 5.10. The van der Waals surface area contributed by atoms with Crippen molar-refractivity contribution in [1.82, 2.24) is 14.8 Å². The van der Waals surface area contributed by atoms with Crippen molar-refractivity contribution in [2.24, 2.45) is 0 Å². The van der Waals surface area contributed by atoms with Crippen LogP contribution in [0.15, 0.2) is 54.9 Å². The van der Waals surface area contributed by atoms with Gasteiger partial charge in [-0.05, 0) is 35.9 Å². The fourth-order valence-corrected chi connectivity index (χ4v) is 3.84. The van der Waals surface area contributed by atoms with E-state index in [9.17, 15) is 4.79 Å². The second-order valence-electron chi connectivity index (χ2n) is 5.64. The van der Waals surface area contributed by atoms with Gasteiger partial charge in [0.1, 0.15) is 0 Å². The molecule has 0 bridgehead atoms. The fourth-order valence-electron chi connectivity index (χ4n) is 2.54. The van der Waals surface area contributed by atoms with Crippen LogP contribution in [-0.2, 0) is 6.54 Å². The van der Waals surface area contributed by atoms with E-state index in [4.69, 9.17) is 23.2 Å². The summed E-state index contributed by atoms with van der Waals surface area (Å²) in [7, 11) is 0. The molecule has 26 heavy (non-hydrogen) atoms. The van der Waals surface area contributed by atoms with Crippen molar-refractivity contribution < 1.29 is 4.79 Å². The summed E-state index contributed by atoms with van der Waals surface area (Å²) in [4.78, 5) is 17.0. The minimum absolute atomic E-state index is 0.212. The molecule has 4 rings (SSSR count). The molecule has 0 aliphatic rings. The van der Waals surface area contributed by atoms with Gasteiger partial charge in [0, 0.05) is 16.8 Å². The molecule has 8 heteroatoms.